The van der Waals surface area contributed by atoms with Crippen molar-refractivity contribution in [3.63, 3.8) is 0 Å². The van der Waals surface area contributed by atoms with Gasteiger partial charge in [0.2, 0.25) is 0 Å². The van der Waals surface area contributed by atoms with E-state index in [-0.39, 0.29) is 0 Å². The van der Waals surface area contributed by atoms with Crippen molar-refractivity contribution in [2.45, 2.75) is 19.3 Å². The van der Waals surface area contributed by atoms with Crippen LogP contribution < -0.4 is 0 Å². The number of likely N-dealkylation sites (tertiary alicyclic amines) is 1. The second kappa shape index (κ2) is 3.13. The minimum absolute atomic E-state index is 1.25. The third-order valence-corrected chi connectivity index (χ3v) is 1.90. The summed E-state index contributed by atoms with van der Waals surface area (Å²) in [5, 5.41) is 0. The fraction of sp³-hybridized carbons (Fsp3) is 1.00. The van der Waals surface area contributed by atoms with Crippen molar-refractivity contribution < 1.29 is 0 Å². The van der Waals surface area contributed by atoms with E-state index < -0.39 is 0 Å². The average Bonchev–Trinajstić information content (AvgIpc) is 1.90. The van der Waals surface area contributed by atoms with Gasteiger partial charge in [0.25, 0.3) is 0 Å². The molecule has 0 spiro atoms. The van der Waals surface area contributed by atoms with Gasteiger partial charge in [-0.2, -0.15) is 0 Å². The summed E-state index contributed by atoms with van der Waals surface area (Å²) in [6.45, 7) is 2.69. The van der Waals surface area contributed by atoms with E-state index in [0.717, 1.165) is 0 Å². The molecule has 0 amide bonds. The third kappa shape index (κ3) is 1.51. The van der Waals surface area contributed by atoms with Gasteiger partial charge < -0.3 is 4.90 Å². The molecule has 0 aromatic heterocycles. The molecule has 46 valence electrons. The highest BCUT2D eigenvalue weighted by molar-refractivity contribution is 6.08. The second-order valence-corrected chi connectivity index (χ2v) is 2.49. The fourth-order valence-corrected chi connectivity index (χ4v) is 1.28. The van der Waals surface area contributed by atoms with Crippen molar-refractivity contribution in [3.8, 4) is 0 Å². The van der Waals surface area contributed by atoms with Crippen molar-refractivity contribution in [2.75, 3.05) is 19.5 Å². The molecule has 1 heterocycles. The second-order valence-electron chi connectivity index (χ2n) is 2.49. The minimum atomic E-state index is 1.25. The Bertz CT molecular complexity index is 59.5. The first-order valence-electron chi connectivity index (χ1n) is 3.66. The summed E-state index contributed by atoms with van der Waals surface area (Å²) in [6.07, 6.45) is 5.55. The average molecular weight is 111 g/mol. The largest absolute Gasteiger partial charge is 0.311 e. The van der Waals surface area contributed by atoms with Gasteiger partial charge in [-0.1, -0.05) is 6.42 Å². The molecule has 8 heavy (non-hydrogen) atoms. The van der Waals surface area contributed by atoms with Gasteiger partial charge in [-0.3, -0.25) is 0 Å². The van der Waals surface area contributed by atoms with Crippen LogP contribution in [0.5, 0.6) is 0 Å². The van der Waals surface area contributed by atoms with E-state index >= 15 is 0 Å². The Morgan fingerprint density at radius 1 is 1.12 bits per heavy atom. The summed E-state index contributed by atoms with van der Waals surface area (Å²) in [4.78, 5) is 2.52. The van der Waals surface area contributed by atoms with Crippen LogP contribution in [0.3, 0.4) is 0 Å². The predicted octanol–water partition coefficient (Wildman–Crippen LogP) is 0.0629. The van der Waals surface area contributed by atoms with E-state index in [1.165, 1.54) is 38.8 Å². The predicted molar refractivity (Wildman–Crippen MR) is 38.8 cm³/mol. The summed E-state index contributed by atoms with van der Waals surface area (Å²) in [6, 6.07) is 0. The van der Waals surface area contributed by atoms with Crippen molar-refractivity contribution in [1.29, 1.82) is 0 Å². The third-order valence-electron chi connectivity index (χ3n) is 1.90. The molecule has 0 radical (unpaired) electrons. The molecule has 0 unspecified atom stereocenters. The molecule has 0 aromatic carbocycles. The summed E-state index contributed by atoms with van der Waals surface area (Å²) in [7, 11) is 2.24. The summed E-state index contributed by atoms with van der Waals surface area (Å²) < 4.78 is 0. The van der Waals surface area contributed by atoms with Crippen LogP contribution in [0.25, 0.3) is 0 Å². The van der Waals surface area contributed by atoms with Gasteiger partial charge in [-0.05, 0) is 32.4 Å². The summed E-state index contributed by atoms with van der Waals surface area (Å²) in [5.41, 5.74) is 0. The van der Waals surface area contributed by atoms with Crippen LogP contribution in [-0.4, -0.2) is 32.3 Å². The zero-order chi connectivity index (χ0) is 5.82. The number of rotatable bonds is 1. The molecule has 0 aliphatic carbocycles. The lowest BCUT2D eigenvalue weighted by Crippen LogP contribution is -2.30. The molecule has 1 fully saturated rings. The van der Waals surface area contributed by atoms with Crippen LogP contribution >= 0.6 is 0 Å². The Labute approximate surface area is 52.5 Å². The molecular formula is C6H14BN. The molecule has 0 aromatic rings. The Hall–Kier alpha value is 0.0249. The van der Waals surface area contributed by atoms with E-state index in [0.29, 0.717) is 0 Å². The maximum absolute atomic E-state index is 2.52. The number of hydrogen-bond donors (Lipinski definition) is 0. The molecule has 0 atom stereocenters. The van der Waals surface area contributed by atoms with E-state index in [1.54, 1.807) is 0 Å². The molecule has 1 aliphatic rings. The van der Waals surface area contributed by atoms with E-state index in [9.17, 15) is 0 Å². The smallest absolute Gasteiger partial charge is 0.119 e. The first kappa shape index (κ1) is 6.15. The zero-order valence-electron chi connectivity index (χ0n) is 5.69. The Kier molecular flexibility index (Phi) is 2.41. The van der Waals surface area contributed by atoms with Gasteiger partial charge >= 0.3 is 0 Å². The van der Waals surface area contributed by atoms with E-state index in [4.69, 9.17) is 0 Å². The van der Waals surface area contributed by atoms with Crippen LogP contribution in [0.4, 0.5) is 0 Å². The number of hydrogen-bond acceptors (Lipinski definition) is 1. The topological polar surface area (TPSA) is 3.24 Å². The number of piperidine rings is 1. The quantitative estimate of drug-likeness (QED) is 0.432. The molecule has 0 saturated carbocycles. The Morgan fingerprint density at radius 2 is 1.75 bits per heavy atom. The molecular weight excluding hydrogens is 96.9 g/mol. The van der Waals surface area contributed by atoms with Crippen molar-refractivity contribution in [3.05, 3.63) is 0 Å². The van der Waals surface area contributed by atoms with Gasteiger partial charge in [0, 0.05) is 0 Å². The first-order valence-corrected chi connectivity index (χ1v) is 3.66. The van der Waals surface area contributed by atoms with E-state index in [2.05, 4.69) is 12.7 Å². The Balaban J connectivity index is 2.13. The van der Waals surface area contributed by atoms with Gasteiger partial charge in [0.1, 0.15) is 7.85 Å². The van der Waals surface area contributed by atoms with Crippen LogP contribution in [0.15, 0.2) is 0 Å². The summed E-state index contributed by atoms with van der Waals surface area (Å²) >= 11 is 0. The highest BCUT2D eigenvalue weighted by Gasteiger charge is 2.05. The Morgan fingerprint density at radius 3 is 2.12 bits per heavy atom. The van der Waals surface area contributed by atoms with Gasteiger partial charge in [-0.25, -0.2) is 0 Å². The standard InChI is InChI=1S/C6H14BN/c7-6-8-4-2-1-3-5-8/h1-7H2. The minimum Gasteiger partial charge on any atom is -0.311 e. The molecule has 0 N–H and O–H groups in total. The maximum atomic E-state index is 2.52. The van der Waals surface area contributed by atoms with E-state index in [1.807, 2.05) is 0 Å². The molecule has 1 aliphatic heterocycles. The highest BCUT2D eigenvalue weighted by Crippen LogP contribution is 2.06. The molecule has 1 rings (SSSR count). The highest BCUT2D eigenvalue weighted by atomic mass is 15.1. The fourth-order valence-electron chi connectivity index (χ4n) is 1.28. The summed E-state index contributed by atoms with van der Waals surface area (Å²) in [5.74, 6) is 0. The van der Waals surface area contributed by atoms with Gasteiger partial charge in [-0.15, -0.1) is 0 Å². The molecule has 1 saturated heterocycles. The van der Waals surface area contributed by atoms with Crippen molar-refractivity contribution in [2.24, 2.45) is 0 Å². The van der Waals surface area contributed by atoms with Crippen molar-refractivity contribution in [1.82, 2.24) is 4.90 Å². The van der Waals surface area contributed by atoms with Crippen LogP contribution in [-0.2, 0) is 0 Å². The molecule has 1 nitrogen and oxygen atoms in total. The monoisotopic (exact) mass is 111 g/mol. The van der Waals surface area contributed by atoms with Crippen LogP contribution in [0, 0.1) is 0 Å². The lowest BCUT2D eigenvalue weighted by Gasteiger charge is -2.24. The molecule has 2 heteroatoms. The maximum Gasteiger partial charge on any atom is 0.119 e. The lowest BCUT2D eigenvalue weighted by atomic mass is 10.1. The van der Waals surface area contributed by atoms with Gasteiger partial charge in [0.05, 0.1) is 0 Å². The van der Waals surface area contributed by atoms with Crippen LogP contribution in [0.2, 0.25) is 0 Å². The van der Waals surface area contributed by atoms with Crippen molar-refractivity contribution >= 4 is 7.85 Å². The SMILES string of the molecule is BCN1CCCCC1. The number of nitrogens with zero attached hydrogens (tertiary/aromatic N) is 1. The first-order chi connectivity index (χ1) is 3.93. The zero-order valence-corrected chi connectivity index (χ0v) is 5.69. The van der Waals surface area contributed by atoms with Gasteiger partial charge in [0.15, 0.2) is 0 Å². The normalized spacial score (nSPS) is 23.5. The molecule has 0 bridgehead atoms. The lowest BCUT2D eigenvalue weighted by molar-refractivity contribution is 0.263. The van der Waals surface area contributed by atoms with Crippen LogP contribution in [0.1, 0.15) is 19.3 Å².